The molecule has 4 heteroatoms. The average molecular weight is 588 g/mol. The molecule has 0 aliphatic rings. The first kappa shape index (κ1) is 25.1. The van der Waals surface area contributed by atoms with Crippen molar-refractivity contribution >= 4 is 65.4 Å². The molecule has 0 saturated carbocycles. The highest BCUT2D eigenvalue weighted by Gasteiger charge is 2.22. The van der Waals surface area contributed by atoms with Crippen LogP contribution in [0.25, 0.3) is 93.8 Å². The van der Waals surface area contributed by atoms with Crippen molar-refractivity contribution in [2.75, 3.05) is 0 Å². The summed E-state index contributed by atoms with van der Waals surface area (Å²) in [5.41, 5.74) is 7.72. The second kappa shape index (κ2) is 9.62. The van der Waals surface area contributed by atoms with Crippen molar-refractivity contribution in [2.24, 2.45) is 0 Å². The Kier molecular flexibility index (Phi) is 5.25. The molecule has 0 aliphatic heterocycles. The van der Waals surface area contributed by atoms with E-state index in [1.807, 2.05) is 24.3 Å². The van der Waals surface area contributed by atoms with Crippen LogP contribution in [-0.2, 0) is 0 Å². The van der Waals surface area contributed by atoms with Gasteiger partial charge in [0.25, 0.3) is 0 Å². The number of furan rings is 1. The lowest BCUT2D eigenvalue weighted by atomic mass is 10.0. The number of hydrogen-bond donors (Lipinski definition) is 0. The minimum absolute atomic E-state index is 0.573. The van der Waals surface area contributed by atoms with Crippen molar-refractivity contribution in [1.82, 2.24) is 14.5 Å². The number of benzene rings is 7. The fourth-order valence-corrected chi connectivity index (χ4v) is 7.04. The summed E-state index contributed by atoms with van der Waals surface area (Å²) in [5.74, 6) is 0.584. The first-order valence-corrected chi connectivity index (χ1v) is 15.5. The highest BCUT2D eigenvalue weighted by Crippen LogP contribution is 2.40. The summed E-state index contributed by atoms with van der Waals surface area (Å²) in [6.07, 6.45) is 0. The van der Waals surface area contributed by atoms with Crippen LogP contribution in [0.3, 0.4) is 0 Å². The topological polar surface area (TPSA) is 43.9 Å². The molecule has 0 aliphatic carbocycles. The van der Waals surface area contributed by atoms with E-state index in [2.05, 4.69) is 132 Å². The van der Waals surface area contributed by atoms with Crippen LogP contribution in [0.15, 0.2) is 156 Å². The lowest BCUT2D eigenvalue weighted by Gasteiger charge is -2.11. The van der Waals surface area contributed by atoms with Crippen LogP contribution in [0, 0.1) is 0 Å². The number of nitrogens with zero attached hydrogens (tertiary/aromatic N) is 3. The molecular formula is C42H25N3O. The van der Waals surface area contributed by atoms with E-state index in [0.717, 1.165) is 49.6 Å². The molecule has 0 atom stereocenters. The van der Waals surface area contributed by atoms with E-state index in [1.165, 1.54) is 32.5 Å². The lowest BCUT2D eigenvalue weighted by Crippen LogP contribution is -2.03. The summed E-state index contributed by atoms with van der Waals surface area (Å²) < 4.78 is 8.69. The van der Waals surface area contributed by atoms with Crippen molar-refractivity contribution in [2.45, 2.75) is 0 Å². The van der Waals surface area contributed by atoms with Crippen molar-refractivity contribution < 1.29 is 4.42 Å². The highest BCUT2D eigenvalue weighted by molar-refractivity contribution is 6.20. The summed E-state index contributed by atoms with van der Waals surface area (Å²) in [7, 11) is 0. The van der Waals surface area contributed by atoms with E-state index in [1.54, 1.807) is 0 Å². The molecule has 0 saturated heterocycles. The zero-order chi connectivity index (χ0) is 30.2. The summed E-state index contributed by atoms with van der Waals surface area (Å²) in [5, 5.41) is 8.96. The summed E-state index contributed by atoms with van der Waals surface area (Å²) in [4.78, 5) is 10.6. The van der Waals surface area contributed by atoms with Gasteiger partial charge in [-0.05, 0) is 45.5 Å². The number of hydrogen-bond acceptors (Lipinski definition) is 3. The van der Waals surface area contributed by atoms with Crippen LogP contribution in [0.4, 0.5) is 0 Å². The Hall–Kier alpha value is -6.26. The predicted octanol–water partition coefficient (Wildman–Crippen LogP) is 11.1. The molecule has 0 unspecified atom stereocenters. The lowest BCUT2D eigenvalue weighted by molar-refractivity contribution is 0.651. The average Bonchev–Trinajstić information content (AvgIpc) is 3.66. The number of rotatable bonds is 3. The number of para-hydroxylation sites is 1. The van der Waals surface area contributed by atoms with Crippen LogP contribution < -0.4 is 0 Å². The normalized spacial score (nSPS) is 11.9. The smallest absolute Gasteiger partial charge is 0.238 e. The predicted molar refractivity (Wildman–Crippen MR) is 190 cm³/mol. The molecular weight excluding hydrogens is 562 g/mol. The molecule has 0 fully saturated rings. The maximum Gasteiger partial charge on any atom is 0.238 e. The first-order chi connectivity index (χ1) is 22.8. The molecule has 0 bridgehead atoms. The van der Waals surface area contributed by atoms with Gasteiger partial charge in [0.15, 0.2) is 0 Å². The van der Waals surface area contributed by atoms with Gasteiger partial charge in [-0.2, -0.15) is 4.98 Å². The molecule has 4 nitrogen and oxygen atoms in total. The molecule has 0 spiro atoms. The highest BCUT2D eigenvalue weighted by atomic mass is 16.3. The van der Waals surface area contributed by atoms with E-state index >= 15 is 0 Å². The monoisotopic (exact) mass is 587 g/mol. The van der Waals surface area contributed by atoms with E-state index < -0.39 is 0 Å². The molecule has 3 aromatic heterocycles. The third-order valence-corrected chi connectivity index (χ3v) is 9.21. The van der Waals surface area contributed by atoms with E-state index in [4.69, 9.17) is 14.4 Å². The van der Waals surface area contributed by atoms with Gasteiger partial charge in [-0.1, -0.05) is 133 Å². The third kappa shape index (κ3) is 3.67. The van der Waals surface area contributed by atoms with Gasteiger partial charge >= 0.3 is 0 Å². The Balaban J connectivity index is 1.32. The molecule has 7 aromatic carbocycles. The zero-order valence-electron chi connectivity index (χ0n) is 24.7. The van der Waals surface area contributed by atoms with E-state index in [-0.39, 0.29) is 0 Å². The fraction of sp³-hybridized carbons (Fsp3) is 0. The van der Waals surface area contributed by atoms with Gasteiger partial charge in [0.1, 0.15) is 5.58 Å². The van der Waals surface area contributed by atoms with Crippen LogP contribution >= 0.6 is 0 Å². The molecule has 46 heavy (non-hydrogen) atoms. The van der Waals surface area contributed by atoms with Gasteiger partial charge in [0, 0.05) is 27.1 Å². The van der Waals surface area contributed by atoms with Gasteiger partial charge in [0.2, 0.25) is 11.7 Å². The Morgan fingerprint density at radius 3 is 1.93 bits per heavy atom. The Morgan fingerprint density at radius 1 is 0.457 bits per heavy atom. The first-order valence-electron chi connectivity index (χ1n) is 15.5. The molecule has 10 rings (SSSR count). The maximum atomic E-state index is 6.46. The second-order valence-electron chi connectivity index (χ2n) is 11.8. The van der Waals surface area contributed by atoms with Gasteiger partial charge in [-0.25, -0.2) is 4.98 Å². The molecule has 0 N–H and O–H groups in total. The second-order valence-corrected chi connectivity index (χ2v) is 11.8. The van der Waals surface area contributed by atoms with Gasteiger partial charge < -0.3 is 4.42 Å². The van der Waals surface area contributed by atoms with Crippen LogP contribution in [0.2, 0.25) is 0 Å². The maximum absolute atomic E-state index is 6.46. The Labute approximate surface area is 263 Å². The van der Waals surface area contributed by atoms with E-state index in [0.29, 0.717) is 11.7 Å². The largest absolute Gasteiger partial charge is 0.437 e. The summed E-state index contributed by atoms with van der Waals surface area (Å²) >= 11 is 0. The van der Waals surface area contributed by atoms with Gasteiger partial charge in [-0.15, -0.1) is 0 Å². The third-order valence-electron chi connectivity index (χ3n) is 9.21. The van der Waals surface area contributed by atoms with Gasteiger partial charge in [-0.3, -0.25) is 4.57 Å². The van der Waals surface area contributed by atoms with Gasteiger partial charge in [0.05, 0.1) is 22.1 Å². The zero-order valence-corrected chi connectivity index (χ0v) is 24.7. The summed E-state index contributed by atoms with van der Waals surface area (Å²) in [6, 6.07) is 53.3. The minimum atomic E-state index is 0.573. The van der Waals surface area contributed by atoms with Crippen LogP contribution in [-0.4, -0.2) is 14.5 Å². The molecule has 0 radical (unpaired) electrons. The molecule has 10 aromatic rings. The molecule has 214 valence electrons. The number of fused-ring (bicyclic) bond motifs is 9. The van der Waals surface area contributed by atoms with Crippen molar-refractivity contribution in [3.05, 3.63) is 152 Å². The Morgan fingerprint density at radius 2 is 1.11 bits per heavy atom. The Bertz CT molecular complexity index is 2790. The van der Waals surface area contributed by atoms with Crippen LogP contribution in [0.1, 0.15) is 0 Å². The fourth-order valence-electron chi connectivity index (χ4n) is 7.04. The SMILES string of the molecule is c1ccc(-c2ccc(-c3nc(-n4c5cc6ccccc6cc5c5ccc6ccccc6c54)nc4oc5ccccc5c34)cc2)cc1. The van der Waals surface area contributed by atoms with Crippen molar-refractivity contribution in [3.63, 3.8) is 0 Å². The van der Waals surface area contributed by atoms with Crippen LogP contribution in [0.5, 0.6) is 0 Å². The summed E-state index contributed by atoms with van der Waals surface area (Å²) in [6.45, 7) is 0. The quantitative estimate of drug-likeness (QED) is 0.207. The molecule has 3 heterocycles. The van der Waals surface area contributed by atoms with E-state index in [9.17, 15) is 0 Å². The van der Waals surface area contributed by atoms with Crippen molar-refractivity contribution in [3.8, 4) is 28.3 Å². The standard InChI is InChI=1S/C42H25N3O/c1-2-10-26(11-3-1)27-18-20-29(21-19-27)39-38-34-16-8-9-17-37(34)46-41(38)44-42(43-39)45-36-25-31-14-5-4-13-30(31)24-35(36)33-23-22-28-12-6-7-15-32(28)40(33)45/h1-25H. The van der Waals surface area contributed by atoms with Crippen molar-refractivity contribution in [1.29, 1.82) is 0 Å². The molecule has 0 amide bonds. The minimum Gasteiger partial charge on any atom is -0.437 e. The number of aromatic nitrogens is 3.